The summed E-state index contributed by atoms with van der Waals surface area (Å²) in [5.74, 6) is -1.33. The minimum atomic E-state index is -0.718. The number of hydrogen-bond donors (Lipinski definition) is 0. The van der Waals surface area contributed by atoms with Crippen LogP contribution in [0.25, 0.3) is 0 Å². The zero-order valence-electron chi connectivity index (χ0n) is 12.3. The molecule has 0 aliphatic carbocycles. The minimum absolute atomic E-state index is 0.00903. The molecule has 0 spiro atoms. The topological polar surface area (TPSA) is 89.8 Å². The van der Waals surface area contributed by atoms with Crippen molar-refractivity contribution in [2.24, 2.45) is 0 Å². The fraction of sp³-hybridized carbons (Fsp3) is 0.125. The lowest BCUT2D eigenvalue weighted by Crippen LogP contribution is -2.33. The molecular weight excluding hydrogens is 319 g/mol. The zero-order chi connectivity index (χ0) is 17.3. The Labute approximate surface area is 135 Å². The molecule has 0 radical (unpaired) electrons. The van der Waals surface area contributed by atoms with Gasteiger partial charge in [0.1, 0.15) is 23.7 Å². The zero-order valence-corrected chi connectivity index (χ0v) is 12.3. The van der Waals surface area contributed by atoms with Crippen molar-refractivity contribution in [3.63, 3.8) is 0 Å². The molecule has 8 heteroatoms. The summed E-state index contributed by atoms with van der Waals surface area (Å²) in [4.78, 5) is 35.8. The van der Waals surface area contributed by atoms with Crippen LogP contribution < -0.4 is 4.74 Å². The molecule has 7 nitrogen and oxygen atoms in total. The van der Waals surface area contributed by atoms with Crippen molar-refractivity contribution in [3.8, 4) is 5.75 Å². The van der Waals surface area contributed by atoms with E-state index in [-0.39, 0.29) is 24.3 Å². The second kappa shape index (κ2) is 6.07. The van der Waals surface area contributed by atoms with Crippen LogP contribution in [-0.4, -0.2) is 34.8 Å². The average Bonchev–Trinajstić information content (AvgIpc) is 2.81. The third-order valence-corrected chi connectivity index (χ3v) is 3.57. The van der Waals surface area contributed by atoms with Gasteiger partial charge < -0.3 is 4.74 Å². The number of imide groups is 1. The molecule has 3 rings (SSSR count). The number of hydrogen-bond acceptors (Lipinski definition) is 5. The molecule has 0 bridgehead atoms. The Morgan fingerprint density at radius 2 is 1.79 bits per heavy atom. The van der Waals surface area contributed by atoms with Crippen molar-refractivity contribution < 1.29 is 23.6 Å². The highest BCUT2D eigenvalue weighted by Crippen LogP contribution is 2.30. The van der Waals surface area contributed by atoms with E-state index in [4.69, 9.17) is 4.74 Å². The molecule has 2 amide bonds. The number of carbonyl (C=O) groups excluding carboxylic acids is 2. The van der Waals surface area contributed by atoms with E-state index in [1.807, 2.05) is 0 Å². The van der Waals surface area contributed by atoms with Crippen molar-refractivity contribution in [2.75, 3.05) is 13.2 Å². The smallest absolute Gasteiger partial charge is 0.282 e. The van der Waals surface area contributed by atoms with E-state index < -0.39 is 28.2 Å². The van der Waals surface area contributed by atoms with Gasteiger partial charge in [-0.3, -0.25) is 24.6 Å². The summed E-state index contributed by atoms with van der Waals surface area (Å²) in [6.45, 7) is -0.0776. The van der Waals surface area contributed by atoms with Crippen molar-refractivity contribution in [1.29, 1.82) is 0 Å². The van der Waals surface area contributed by atoms with Gasteiger partial charge >= 0.3 is 0 Å². The number of ether oxygens (including phenoxy) is 1. The number of nitrogens with zero attached hydrogens (tertiary/aromatic N) is 2. The summed E-state index contributed by atoms with van der Waals surface area (Å²) in [7, 11) is 0. The van der Waals surface area contributed by atoms with Crippen molar-refractivity contribution in [1.82, 2.24) is 4.90 Å². The molecule has 0 saturated carbocycles. The number of fused-ring (bicyclic) bond motifs is 1. The minimum Gasteiger partial charge on any atom is -0.492 e. The summed E-state index contributed by atoms with van der Waals surface area (Å²) < 4.78 is 18.2. The molecule has 122 valence electrons. The van der Waals surface area contributed by atoms with E-state index in [1.165, 1.54) is 42.5 Å². The van der Waals surface area contributed by atoms with E-state index in [2.05, 4.69) is 0 Å². The average molecular weight is 330 g/mol. The fourth-order valence-corrected chi connectivity index (χ4v) is 2.46. The first-order chi connectivity index (χ1) is 11.5. The molecule has 1 aliphatic rings. The molecule has 0 aromatic heterocycles. The van der Waals surface area contributed by atoms with Crippen molar-refractivity contribution >= 4 is 17.5 Å². The number of carbonyl (C=O) groups is 2. The maximum atomic E-state index is 12.8. The Hall–Kier alpha value is -3.29. The van der Waals surface area contributed by atoms with Crippen LogP contribution in [0.5, 0.6) is 5.75 Å². The van der Waals surface area contributed by atoms with Crippen molar-refractivity contribution in [3.05, 3.63) is 69.5 Å². The largest absolute Gasteiger partial charge is 0.492 e. The molecule has 2 aromatic rings. The highest BCUT2D eigenvalue weighted by atomic mass is 19.1. The van der Waals surface area contributed by atoms with Crippen LogP contribution in [0.15, 0.2) is 42.5 Å². The van der Waals surface area contributed by atoms with Crippen LogP contribution in [0.2, 0.25) is 0 Å². The van der Waals surface area contributed by atoms with Crippen LogP contribution >= 0.6 is 0 Å². The first kappa shape index (κ1) is 15.6. The summed E-state index contributed by atoms with van der Waals surface area (Å²) in [5, 5.41) is 11.0. The van der Waals surface area contributed by atoms with Gasteiger partial charge in [0.25, 0.3) is 17.5 Å². The molecule has 1 aliphatic heterocycles. The van der Waals surface area contributed by atoms with E-state index >= 15 is 0 Å². The van der Waals surface area contributed by atoms with Crippen molar-refractivity contribution in [2.45, 2.75) is 0 Å². The first-order valence-corrected chi connectivity index (χ1v) is 7.01. The third kappa shape index (κ3) is 2.69. The number of amides is 2. The van der Waals surface area contributed by atoms with Gasteiger partial charge in [-0.2, -0.15) is 0 Å². The number of halogens is 1. The number of nitro groups is 1. The number of rotatable bonds is 5. The molecule has 2 aromatic carbocycles. The maximum absolute atomic E-state index is 12.8. The monoisotopic (exact) mass is 330 g/mol. The van der Waals surface area contributed by atoms with Gasteiger partial charge in [-0.05, 0) is 30.3 Å². The van der Waals surface area contributed by atoms with Crippen LogP contribution in [0, 0.1) is 15.9 Å². The lowest BCUT2D eigenvalue weighted by Gasteiger charge is -2.14. The first-order valence-electron chi connectivity index (χ1n) is 7.01. The summed E-state index contributed by atoms with van der Waals surface area (Å²) in [6.07, 6.45) is 0. The van der Waals surface area contributed by atoms with Gasteiger partial charge in [-0.1, -0.05) is 6.07 Å². The van der Waals surface area contributed by atoms with E-state index in [0.717, 1.165) is 4.90 Å². The lowest BCUT2D eigenvalue weighted by atomic mass is 10.1. The molecule has 0 atom stereocenters. The van der Waals surface area contributed by atoms with Crippen LogP contribution in [-0.2, 0) is 0 Å². The Kier molecular flexibility index (Phi) is 3.95. The molecule has 24 heavy (non-hydrogen) atoms. The van der Waals surface area contributed by atoms with Gasteiger partial charge in [0.05, 0.1) is 17.0 Å². The molecule has 0 saturated heterocycles. The van der Waals surface area contributed by atoms with Gasteiger partial charge in [0, 0.05) is 6.07 Å². The summed E-state index contributed by atoms with van der Waals surface area (Å²) in [6, 6.07) is 9.21. The lowest BCUT2D eigenvalue weighted by molar-refractivity contribution is -0.385. The Morgan fingerprint density at radius 1 is 1.08 bits per heavy atom. The van der Waals surface area contributed by atoms with Crippen LogP contribution in [0.1, 0.15) is 20.7 Å². The number of nitro benzene ring substituents is 1. The molecule has 0 fully saturated rings. The quantitative estimate of drug-likeness (QED) is 0.477. The van der Waals surface area contributed by atoms with E-state index in [1.54, 1.807) is 0 Å². The number of benzene rings is 2. The Morgan fingerprint density at radius 3 is 2.46 bits per heavy atom. The van der Waals surface area contributed by atoms with E-state index in [9.17, 15) is 24.1 Å². The highest BCUT2D eigenvalue weighted by Gasteiger charge is 2.40. The predicted molar refractivity (Wildman–Crippen MR) is 80.4 cm³/mol. The molecule has 0 unspecified atom stereocenters. The van der Waals surface area contributed by atoms with Gasteiger partial charge in [0.2, 0.25) is 0 Å². The van der Waals surface area contributed by atoms with Gasteiger partial charge in [0.15, 0.2) is 0 Å². The Balaban J connectivity index is 1.73. The summed E-state index contributed by atoms with van der Waals surface area (Å²) in [5.41, 5.74) is -0.585. The second-order valence-corrected chi connectivity index (χ2v) is 5.02. The maximum Gasteiger partial charge on any atom is 0.282 e. The molecular formula is C16H11FN2O5. The summed E-state index contributed by atoms with van der Waals surface area (Å²) >= 11 is 0. The van der Waals surface area contributed by atoms with Gasteiger partial charge in [-0.15, -0.1) is 0 Å². The standard InChI is InChI=1S/C16H11FN2O5/c17-10-4-6-11(7-5-10)24-9-8-18-15(20)12-2-1-3-13(19(22)23)14(12)16(18)21/h1-7H,8-9H2. The van der Waals surface area contributed by atoms with Gasteiger partial charge in [-0.25, -0.2) is 4.39 Å². The molecule has 1 heterocycles. The normalized spacial score (nSPS) is 13.1. The molecule has 0 N–H and O–H groups in total. The van der Waals surface area contributed by atoms with E-state index in [0.29, 0.717) is 5.75 Å². The van der Waals surface area contributed by atoms with Crippen LogP contribution in [0.3, 0.4) is 0 Å². The SMILES string of the molecule is O=C1c2cccc([N+](=O)[O-])c2C(=O)N1CCOc1ccc(F)cc1. The predicted octanol–water partition coefficient (Wildman–Crippen LogP) is 2.41. The third-order valence-electron chi connectivity index (χ3n) is 3.57. The Bertz CT molecular complexity index is 835. The fourth-order valence-electron chi connectivity index (χ4n) is 2.46. The highest BCUT2D eigenvalue weighted by molar-refractivity contribution is 6.23. The second-order valence-electron chi connectivity index (χ2n) is 5.02. The van der Waals surface area contributed by atoms with Crippen LogP contribution in [0.4, 0.5) is 10.1 Å².